The Morgan fingerprint density at radius 3 is 2.12 bits per heavy atom. The third-order valence-electron chi connectivity index (χ3n) is 2.44. The number of benzene rings is 1. The van der Waals surface area contributed by atoms with E-state index < -0.39 is 0 Å². The van der Waals surface area contributed by atoms with E-state index in [9.17, 15) is 9.59 Å². The fourth-order valence-corrected chi connectivity index (χ4v) is 1.90. The minimum Gasteiger partial charge on any atom is -0.275 e. The summed E-state index contributed by atoms with van der Waals surface area (Å²) < 4.78 is 1.18. The smallest absolute Gasteiger partial charge is 0.253 e. The van der Waals surface area contributed by atoms with Gasteiger partial charge in [0.15, 0.2) is 0 Å². The average molecular weight is 327 g/mol. The minimum absolute atomic E-state index is 0.212. The summed E-state index contributed by atoms with van der Waals surface area (Å²) in [6, 6.07) is 8.06. The molecule has 0 saturated heterocycles. The zero-order valence-electron chi connectivity index (χ0n) is 8.52. The highest BCUT2D eigenvalue weighted by Crippen LogP contribution is 2.09. The zero-order chi connectivity index (χ0) is 11.5. The second-order valence-electron chi connectivity index (χ2n) is 3.54. The standard InChI is InChI=1S/C12H10INO2/c13-10-3-1-9(2-4-10)7-8-14-11(15)5-6-12(14)16/h1-6H,7-8H2. The first-order valence-corrected chi connectivity index (χ1v) is 6.03. The van der Waals surface area contributed by atoms with Gasteiger partial charge in [-0.05, 0) is 46.7 Å². The maximum atomic E-state index is 11.3. The summed E-state index contributed by atoms with van der Waals surface area (Å²) in [7, 11) is 0. The predicted molar refractivity (Wildman–Crippen MR) is 68.7 cm³/mol. The summed E-state index contributed by atoms with van der Waals surface area (Å²) >= 11 is 2.24. The summed E-state index contributed by atoms with van der Waals surface area (Å²) in [5.74, 6) is -0.425. The van der Waals surface area contributed by atoms with Crippen LogP contribution in [0.15, 0.2) is 36.4 Å². The molecule has 0 unspecified atom stereocenters. The quantitative estimate of drug-likeness (QED) is 0.627. The van der Waals surface area contributed by atoms with Crippen LogP contribution in [-0.2, 0) is 16.0 Å². The van der Waals surface area contributed by atoms with Gasteiger partial charge in [0, 0.05) is 22.3 Å². The van der Waals surface area contributed by atoms with E-state index in [4.69, 9.17) is 0 Å². The Balaban J connectivity index is 1.95. The van der Waals surface area contributed by atoms with Crippen molar-refractivity contribution in [2.45, 2.75) is 6.42 Å². The van der Waals surface area contributed by atoms with Gasteiger partial charge in [0.05, 0.1) is 0 Å². The van der Waals surface area contributed by atoms with Crippen molar-refractivity contribution in [3.8, 4) is 0 Å². The number of amides is 2. The van der Waals surface area contributed by atoms with E-state index in [1.54, 1.807) is 0 Å². The lowest BCUT2D eigenvalue weighted by Crippen LogP contribution is -2.31. The van der Waals surface area contributed by atoms with Crippen LogP contribution in [0.25, 0.3) is 0 Å². The molecule has 1 aliphatic heterocycles. The highest BCUT2D eigenvalue weighted by molar-refractivity contribution is 14.1. The molecule has 0 bridgehead atoms. The molecule has 1 aromatic carbocycles. The van der Waals surface area contributed by atoms with Crippen molar-refractivity contribution in [2.24, 2.45) is 0 Å². The molecular formula is C12H10INO2. The van der Waals surface area contributed by atoms with Crippen molar-refractivity contribution in [2.75, 3.05) is 6.54 Å². The molecule has 1 heterocycles. The largest absolute Gasteiger partial charge is 0.275 e. The molecule has 0 N–H and O–H groups in total. The van der Waals surface area contributed by atoms with E-state index >= 15 is 0 Å². The topological polar surface area (TPSA) is 37.4 Å². The van der Waals surface area contributed by atoms with Crippen molar-refractivity contribution >= 4 is 34.4 Å². The number of hydrogen-bond donors (Lipinski definition) is 0. The second-order valence-corrected chi connectivity index (χ2v) is 4.78. The van der Waals surface area contributed by atoms with E-state index in [-0.39, 0.29) is 11.8 Å². The lowest BCUT2D eigenvalue weighted by Gasteiger charge is -2.13. The predicted octanol–water partition coefficient (Wildman–Crippen LogP) is 1.76. The van der Waals surface area contributed by atoms with E-state index in [1.165, 1.54) is 20.6 Å². The molecule has 0 spiro atoms. The molecule has 4 heteroatoms. The van der Waals surface area contributed by atoms with Gasteiger partial charge in [-0.25, -0.2) is 0 Å². The van der Waals surface area contributed by atoms with Crippen LogP contribution in [0.1, 0.15) is 5.56 Å². The van der Waals surface area contributed by atoms with Crippen LogP contribution in [0.3, 0.4) is 0 Å². The molecule has 16 heavy (non-hydrogen) atoms. The number of carbonyl (C=O) groups is 2. The van der Waals surface area contributed by atoms with Gasteiger partial charge in [-0.2, -0.15) is 0 Å². The molecule has 0 atom stereocenters. The molecule has 1 aromatic rings. The number of hydrogen-bond acceptors (Lipinski definition) is 2. The van der Waals surface area contributed by atoms with Crippen molar-refractivity contribution in [3.05, 3.63) is 45.6 Å². The zero-order valence-corrected chi connectivity index (χ0v) is 10.7. The van der Waals surface area contributed by atoms with Gasteiger partial charge < -0.3 is 0 Å². The van der Waals surface area contributed by atoms with Crippen molar-refractivity contribution in [3.63, 3.8) is 0 Å². The number of rotatable bonds is 3. The fraction of sp³-hybridized carbons (Fsp3) is 0.167. The van der Waals surface area contributed by atoms with E-state index in [1.807, 2.05) is 24.3 Å². The lowest BCUT2D eigenvalue weighted by atomic mass is 10.1. The van der Waals surface area contributed by atoms with Crippen LogP contribution in [0.5, 0.6) is 0 Å². The average Bonchev–Trinajstić information content (AvgIpc) is 2.59. The Morgan fingerprint density at radius 2 is 1.56 bits per heavy atom. The van der Waals surface area contributed by atoms with Gasteiger partial charge in [0.25, 0.3) is 11.8 Å². The van der Waals surface area contributed by atoms with Crippen LogP contribution >= 0.6 is 22.6 Å². The lowest BCUT2D eigenvalue weighted by molar-refractivity contribution is -0.136. The molecule has 0 aromatic heterocycles. The summed E-state index contributed by atoms with van der Waals surface area (Å²) in [5, 5.41) is 0. The summed E-state index contributed by atoms with van der Waals surface area (Å²) in [6.45, 7) is 0.450. The molecule has 0 saturated carbocycles. The Labute approximate surface area is 107 Å². The van der Waals surface area contributed by atoms with Crippen molar-refractivity contribution in [1.82, 2.24) is 4.90 Å². The van der Waals surface area contributed by atoms with E-state index in [0.717, 1.165) is 5.56 Å². The second kappa shape index (κ2) is 4.78. The summed E-state index contributed by atoms with van der Waals surface area (Å²) in [6.07, 6.45) is 3.34. The molecule has 2 rings (SSSR count). The summed E-state index contributed by atoms with van der Waals surface area (Å²) in [5.41, 5.74) is 1.13. The fourth-order valence-electron chi connectivity index (χ4n) is 1.54. The Bertz CT molecular complexity index is 433. The van der Waals surface area contributed by atoms with Gasteiger partial charge in [-0.1, -0.05) is 12.1 Å². The first-order valence-electron chi connectivity index (χ1n) is 4.95. The molecule has 2 amide bonds. The van der Waals surface area contributed by atoms with Crippen LogP contribution in [0.2, 0.25) is 0 Å². The van der Waals surface area contributed by atoms with Crippen LogP contribution in [0.4, 0.5) is 0 Å². The molecular weight excluding hydrogens is 317 g/mol. The minimum atomic E-state index is -0.212. The highest BCUT2D eigenvalue weighted by Gasteiger charge is 2.22. The first kappa shape index (κ1) is 11.3. The maximum absolute atomic E-state index is 11.3. The SMILES string of the molecule is O=C1C=CC(=O)N1CCc1ccc(I)cc1. The van der Waals surface area contributed by atoms with Gasteiger partial charge >= 0.3 is 0 Å². The van der Waals surface area contributed by atoms with Gasteiger partial charge in [-0.3, -0.25) is 14.5 Å². The highest BCUT2D eigenvalue weighted by atomic mass is 127. The van der Waals surface area contributed by atoms with Gasteiger partial charge in [-0.15, -0.1) is 0 Å². The monoisotopic (exact) mass is 327 g/mol. The van der Waals surface area contributed by atoms with E-state index in [0.29, 0.717) is 13.0 Å². The normalized spacial score (nSPS) is 14.9. The van der Waals surface area contributed by atoms with Crippen LogP contribution in [-0.4, -0.2) is 23.3 Å². The number of carbonyl (C=O) groups excluding carboxylic acids is 2. The Hall–Kier alpha value is -1.17. The molecule has 0 fully saturated rings. The van der Waals surface area contributed by atoms with Crippen molar-refractivity contribution in [1.29, 1.82) is 0 Å². The first-order chi connectivity index (χ1) is 7.66. The molecule has 1 aliphatic rings. The number of nitrogens with zero attached hydrogens (tertiary/aromatic N) is 1. The molecule has 3 nitrogen and oxygen atoms in total. The Kier molecular flexibility index (Phi) is 3.38. The number of halogens is 1. The third-order valence-corrected chi connectivity index (χ3v) is 3.16. The summed E-state index contributed by atoms with van der Waals surface area (Å²) in [4.78, 5) is 23.8. The third kappa shape index (κ3) is 2.49. The number of imide groups is 1. The molecule has 82 valence electrons. The molecule has 0 radical (unpaired) electrons. The maximum Gasteiger partial charge on any atom is 0.253 e. The van der Waals surface area contributed by atoms with Gasteiger partial charge in [0.2, 0.25) is 0 Å². The molecule has 0 aliphatic carbocycles. The van der Waals surface area contributed by atoms with Crippen LogP contribution < -0.4 is 0 Å². The van der Waals surface area contributed by atoms with Crippen LogP contribution in [0, 0.1) is 3.57 Å². The van der Waals surface area contributed by atoms with Gasteiger partial charge in [0.1, 0.15) is 0 Å². The van der Waals surface area contributed by atoms with Crippen molar-refractivity contribution < 1.29 is 9.59 Å². The Morgan fingerprint density at radius 1 is 1.00 bits per heavy atom. The van der Waals surface area contributed by atoms with E-state index in [2.05, 4.69) is 22.6 Å².